The molecule has 4 rings (SSSR count). The molecule has 7 nitrogen and oxygen atoms in total. The maximum atomic E-state index is 12.8. The van der Waals surface area contributed by atoms with Crippen molar-refractivity contribution in [2.45, 2.75) is 18.9 Å². The van der Waals surface area contributed by atoms with Crippen molar-refractivity contribution in [2.24, 2.45) is 7.05 Å². The minimum Gasteiger partial charge on any atom is -0.347 e. The molecule has 1 atom stereocenters. The van der Waals surface area contributed by atoms with Gasteiger partial charge in [0.15, 0.2) is 0 Å². The second kappa shape index (κ2) is 6.40. The first-order valence-electron chi connectivity index (χ1n) is 8.79. The van der Waals surface area contributed by atoms with Crippen LogP contribution in [-0.4, -0.2) is 40.2 Å². The minimum absolute atomic E-state index is 0.00545. The molecule has 1 aliphatic rings. The quantitative estimate of drug-likeness (QED) is 0.721. The normalized spacial score (nSPS) is 17.0. The summed E-state index contributed by atoms with van der Waals surface area (Å²) in [5.41, 5.74) is 0.739. The monoisotopic (exact) mass is 350 g/mol. The van der Waals surface area contributed by atoms with Gasteiger partial charge in [0.25, 0.3) is 5.56 Å². The fourth-order valence-corrected chi connectivity index (χ4v) is 3.56. The SMILES string of the molecule is CN(C)c1nccc(N2CCCC2c2nc3ccccc3c(=O)n2C)n1. The number of benzene rings is 1. The second-order valence-electron chi connectivity index (χ2n) is 6.81. The summed E-state index contributed by atoms with van der Waals surface area (Å²) in [6.07, 6.45) is 3.76. The van der Waals surface area contributed by atoms with Gasteiger partial charge in [-0.3, -0.25) is 9.36 Å². The van der Waals surface area contributed by atoms with E-state index >= 15 is 0 Å². The molecule has 0 saturated carbocycles. The molecule has 7 heteroatoms. The van der Waals surface area contributed by atoms with Gasteiger partial charge in [-0.1, -0.05) is 12.1 Å². The molecule has 0 radical (unpaired) electrons. The maximum absolute atomic E-state index is 12.8. The first-order valence-corrected chi connectivity index (χ1v) is 8.79. The van der Waals surface area contributed by atoms with Crippen molar-refractivity contribution in [1.29, 1.82) is 0 Å². The number of para-hydroxylation sites is 1. The molecular weight excluding hydrogens is 328 g/mol. The lowest BCUT2D eigenvalue weighted by molar-refractivity contribution is 0.607. The number of rotatable bonds is 3. The van der Waals surface area contributed by atoms with Crippen LogP contribution in [0.15, 0.2) is 41.3 Å². The van der Waals surface area contributed by atoms with Gasteiger partial charge in [-0.2, -0.15) is 4.98 Å². The van der Waals surface area contributed by atoms with E-state index in [1.54, 1.807) is 17.8 Å². The number of hydrogen-bond acceptors (Lipinski definition) is 6. The van der Waals surface area contributed by atoms with E-state index in [2.05, 4.69) is 14.9 Å². The molecule has 0 bridgehead atoms. The summed E-state index contributed by atoms with van der Waals surface area (Å²) in [7, 11) is 5.66. The van der Waals surface area contributed by atoms with Crippen molar-refractivity contribution in [1.82, 2.24) is 19.5 Å². The van der Waals surface area contributed by atoms with Gasteiger partial charge in [-0.25, -0.2) is 9.97 Å². The minimum atomic E-state index is -0.00545. The van der Waals surface area contributed by atoms with Crippen LogP contribution in [0.1, 0.15) is 24.7 Å². The van der Waals surface area contributed by atoms with Gasteiger partial charge in [-0.15, -0.1) is 0 Å². The van der Waals surface area contributed by atoms with Crippen LogP contribution in [0.3, 0.4) is 0 Å². The molecule has 0 N–H and O–H groups in total. The van der Waals surface area contributed by atoms with Crippen molar-refractivity contribution in [3.63, 3.8) is 0 Å². The van der Waals surface area contributed by atoms with Crippen molar-refractivity contribution in [3.8, 4) is 0 Å². The van der Waals surface area contributed by atoms with Gasteiger partial charge in [0, 0.05) is 33.9 Å². The summed E-state index contributed by atoms with van der Waals surface area (Å²) in [6, 6.07) is 9.46. The van der Waals surface area contributed by atoms with Crippen LogP contribution in [0, 0.1) is 0 Å². The van der Waals surface area contributed by atoms with E-state index in [9.17, 15) is 4.79 Å². The fourth-order valence-electron chi connectivity index (χ4n) is 3.56. The van der Waals surface area contributed by atoms with E-state index in [0.29, 0.717) is 11.3 Å². The summed E-state index contributed by atoms with van der Waals surface area (Å²) in [5.74, 6) is 2.33. The Morgan fingerprint density at radius 3 is 2.77 bits per heavy atom. The third-order valence-corrected chi connectivity index (χ3v) is 4.89. The zero-order chi connectivity index (χ0) is 18.3. The van der Waals surface area contributed by atoms with Gasteiger partial charge in [0.2, 0.25) is 5.95 Å². The highest BCUT2D eigenvalue weighted by Gasteiger charge is 2.31. The van der Waals surface area contributed by atoms with Crippen LogP contribution in [-0.2, 0) is 7.05 Å². The summed E-state index contributed by atoms with van der Waals surface area (Å²) in [5, 5.41) is 0.653. The highest BCUT2D eigenvalue weighted by Crippen LogP contribution is 2.34. The molecule has 134 valence electrons. The Hall–Kier alpha value is -2.96. The van der Waals surface area contributed by atoms with Gasteiger partial charge < -0.3 is 9.80 Å². The number of nitrogens with zero attached hydrogens (tertiary/aromatic N) is 6. The predicted molar refractivity (Wildman–Crippen MR) is 103 cm³/mol. The molecule has 0 amide bonds. The zero-order valence-electron chi connectivity index (χ0n) is 15.3. The molecule has 26 heavy (non-hydrogen) atoms. The van der Waals surface area contributed by atoms with E-state index in [1.165, 1.54) is 0 Å². The molecule has 3 aromatic rings. The van der Waals surface area contributed by atoms with Gasteiger partial charge >= 0.3 is 0 Å². The van der Waals surface area contributed by atoms with Crippen LogP contribution >= 0.6 is 0 Å². The van der Waals surface area contributed by atoms with Crippen molar-refractivity contribution in [3.05, 3.63) is 52.7 Å². The highest BCUT2D eigenvalue weighted by atomic mass is 16.1. The largest absolute Gasteiger partial charge is 0.347 e. The van der Waals surface area contributed by atoms with E-state index in [0.717, 1.165) is 36.5 Å². The lowest BCUT2D eigenvalue weighted by Gasteiger charge is -2.27. The smallest absolute Gasteiger partial charge is 0.261 e. The Morgan fingerprint density at radius 2 is 1.96 bits per heavy atom. The summed E-state index contributed by atoms with van der Waals surface area (Å²) in [4.78, 5) is 30.7. The summed E-state index contributed by atoms with van der Waals surface area (Å²) < 4.78 is 1.68. The fraction of sp³-hybridized carbons (Fsp3) is 0.368. The van der Waals surface area contributed by atoms with E-state index in [-0.39, 0.29) is 11.6 Å². The summed E-state index contributed by atoms with van der Waals surface area (Å²) >= 11 is 0. The molecule has 1 aliphatic heterocycles. The molecule has 0 spiro atoms. The average molecular weight is 350 g/mol. The molecule has 1 fully saturated rings. The Balaban J connectivity index is 1.80. The standard InChI is InChI=1S/C19H22N6O/c1-23(2)19-20-11-10-16(22-19)25-12-6-9-15(25)17-21-14-8-5-4-7-13(14)18(26)24(17)3/h4-5,7-8,10-11,15H,6,9,12H2,1-3H3. The molecular formula is C19H22N6O. The third-order valence-electron chi connectivity index (χ3n) is 4.89. The lowest BCUT2D eigenvalue weighted by atomic mass is 10.1. The lowest BCUT2D eigenvalue weighted by Crippen LogP contribution is -2.31. The van der Waals surface area contributed by atoms with Crippen LogP contribution in [0.2, 0.25) is 0 Å². The van der Waals surface area contributed by atoms with Gasteiger partial charge in [0.1, 0.15) is 11.6 Å². The van der Waals surface area contributed by atoms with Crippen molar-refractivity contribution < 1.29 is 0 Å². The summed E-state index contributed by atoms with van der Waals surface area (Å²) in [6.45, 7) is 0.886. The number of anilines is 2. The zero-order valence-corrected chi connectivity index (χ0v) is 15.3. The highest BCUT2D eigenvalue weighted by molar-refractivity contribution is 5.77. The molecule has 1 aromatic carbocycles. The molecule has 3 heterocycles. The maximum Gasteiger partial charge on any atom is 0.261 e. The van der Waals surface area contributed by atoms with Crippen LogP contribution in [0.4, 0.5) is 11.8 Å². The van der Waals surface area contributed by atoms with Crippen molar-refractivity contribution in [2.75, 3.05) is 30.4 Å². The number of hydrogen-bond donors (Lipinski definition) is 0. The Kier molecular flexibility index (Phi) is 4.06. The first kappa shape index (κ1) is 16.5. The van der Waals surface area contributed by atoms with E-state index in [1.807, 2.05) is 49.3 Å². The van der Waals surface area contributed by atoms with Crippen molar-refractivity contribution >= 4 is 22.7 Å². The topological polar surface area (TPSA) is 67.2 Å². The predicted octanol–water partition coefficient (Wildman–Crippen LogP) is 2.13. The number of aromatic nitrogens is 4. The van der Waals surface area contributed by atoms with E-state index < -0.39 is 0 Å². The Morgan fingerprint density at radius 1 is 1.15 bits per heavy atom. The molecule has 2 aromatic heterocycles. The van der Waals surface area contributed by atoms with Gasteiger partial charge in [0.05, 0.1) is 16.9 Å². The molecule has 0 aliphatic carbocycles. The van der Waals surface area contributed by atoms with Crippen LogP contribution < -0.4 is 15.4 Å². The second-order valence-corrected chi connectivity index (χ2v) is 6.81. The van der Waals surface area contributed by atoms with Crippen LogP contribution in [0.25, 0.3) is 10.9 Å². The molecule has 1 unspecified atom stereocenters. The Labute approximate surface area is 151 Å². The first-order chi connectivity index (χ1) is 12.6. The Bertz CT molecular complexity index is 1010. The number of fused-ring (bicyclic) bond motifs is 1. The molecule has 1 saturated heterocycles. The third kappa shape index (κ3) is 2.69. The van der Waals surface area contributed by atoms with E-state index in [4.69, 9.17) is 4.98 Å². The van der Waals surface area contributed by atoms with Gasteiger partial charge in [-0.05, 0) is 31.0 Å². The van der Waals surface area contributed by atoms with Crippen LogP contribution in [0.5, 0.6) is 0 Å². The average Bonchev–Trinajstić information content (AvgIpc) is 3.14.